The van der Waals surface area contributed by atoms with Gasteiger partial charge in [-0.15, -0.1) is 0 Å². The maximum Gasteiger partial charge on any atom is 0.0701 e. The summed E-state index contributed by atoms with van der Waals surface area (Å²) in [6.45, 7) is 11.8. The fraction of sp³-hybridized carbons (Fsp3) is 0.727. The molecule has 0 aliphatic carbocycles. The van der Waals surface area contributed by atoms with E-state index in [2.05, 4.69) is 39.4 Å². The molecule has 8 nitrogen and oxygen atoms in total. The fourth-order valence-electron chi connectivity index (χ4n) is 3.50. The standard InChI is InChI=1S/C22H37N3O5/c1-3-22(4-2-21(1)24-7-5-23-6-8-24)25-9-11-26-13-15-28-17-19-30-20-18-29-16-14-27-12-10-25/h1-4,23H,5-20H2. The minimum absolute atomic E-state index is 0.581. The first kappa shape index (κ1) is 23.2. The van der Waals surface area contributed by atoms with E-state index in [0.29, 0.717) is 66.1 Å². The summed E-state index contributed by atoms with van der Waals surface area (Å²) in [5.41, 5.74) is 2.48. The van der Waals surface area contributed by atoms with Gasteiger partial charge in [0.15, 0.2) is 0 Å². The number of piperazine rings is 1. The number of benzene rings is 1. The first-order chi connectivity index (χ1) is 14.9. The molecule has 0 atom stereocenters. The highest BCUT2D eigenvalue weighted by Crippen LogP contribution is 2.21. The number of hydrogen-bond acceptors (Lipinski definition) is 8. The molecule has 1 aromatic carbocycles. The van der Waals surface area contributed by atoms with E-state index in [-0.39, 0.29) is 0 Å². The van der Waals surface area contributed by atoms with Crippen LogP contribution in [-0.4, -0.2) is 105 Å². The van der Waals surface area contributed by atoms with Crippen molar-refractivity contribution in [1.82, 2.24) is 5.32 Å². The van der Waals surface area contributed by atoms with Crippen molar-refractivity contribution in [2.45, 2.75) is 0 Å². The lowest BCUT2D eigenvalue weighted by Crippen LogP contribution is -2.43. The quantitative estimate of drug-likeness (QED) is 0.756. The normalized spacial score (nSPS) is 22.3. The van der Waals surface area contributed by atoms with E-state index in [1.807, 2.05) is 0 Å². The van der Waals surface area contributed by atoms with Crippen LogP contribution in [-0.2, 0) is 23.7 Å². The van der Waals surface area contributed by atoms with E-state index in [4.69, 9.17) is 23.7 Å². The van der Waals surface area contributed by atoms with Crippen LogP contribution >= 0.6 is 0 Å². The van der Waals surface area contributed by atoms with Crippen molar-refractivity contribution >= 4 is 11.4 Å². The monoisotopic (exact) mass is 423 g/mol. The summed E-state index contributed by atoms with van der Waals surface area (Å²) < 4.78 is 28.0. The molecule has 2 heterocycles. The van der Waals surface area contributed by atoms with Gasteiger partial charge in [0.25, 0.3) is 0 Å². The lowest BCUT2D eigenvalue weighted by molar-refractivity contribution is -0.0116. The molecule has 0 unspecified atom stereocenters. The van der Waals surface area contributed by atoms with Crippen LogP contribution in [0.25, 0.3) is 0 Å². The molecule has 1 N–H and O–H groups in total. The Morgan fingerprint density at radius 3 is 1.20 bits per heavy atom. The summed E-state index contributed by atoms with van der Waals surface area (Å²) in [5, 5.41) is 3.40. The fourth-order valence-corrected chi connectivity index (χ4v) is 3.50. The van der Waals surface area contributed by atoms with E-state index in [1.54, 1.807) is 0 Å². The average Bonchev–Trinajstić information content (AvgIpc) is 2.80. The third-order valence-corrected chi connectivity index (χ3v) is 5.20. The molecule has 0 amide bonds. The summed E-state index contributed by atoms with van der Waals surface area (Å²) in [6, 6.07) is 8.85. The zero-order chi connectivity index (χ0) is 20.7. The van der Waals surface area contributed by atoms with Crippen LogP contribution in [0.15, 0.2) is 24.3 Å². The lowest BCUT2D eigenvalue weighted by atomic mass is 10.2. The average molecular weight is 424 g/mol. The second-order valence-corrected chi connectivity index (χ2v) is 7.30. The molecular formula is C22H37N3O5. The zero-order valence-corrected chi connectivity index (χ0v) is 18.1. The molecule has 2 aliphatic heterocycles. The van der Waals surface area contributed by atoms with Crippen LogP contribution in [0, 0.1) is 0 Å². The van der Waals surface area contributed by atoms with Gasteiger partial charge in [0.05, 0.1) is 66.1 Å². The van der Waals surface area contributed by atoms with Crippen LogP contribution in [0.1, 0.15) is 0 Å². The van der Waals surface area contributed by atoms with Gasteiger partial charge in [0.1, 0.15) is 0 Å². The van der Waals surface area contributed by atoms with Gasteiger partial charge in [-0.05, 0) is 24.3 Å². The Morgan fingerprint density at radius 2 is 0.800 bits per heavy atom. The minimum Gasteiger partial charge on any atom is -0.377 e. The van der Waals surface area contributed by atoms with Crippen molar-refractivity contribution in [3.63, 3.8) is 0 Å². The SMILES string of the molecule is c1cc(N2CCOCCOCCOCCOCCOCC2)ccc1N1CCNCC1. The summed E-state index contributed by atoms with van der Waals surface area (Å²) in [7, 11) is 0. The molecule has 0 radical (unpaired) electrons. The molecule has 0 bridgehead atoms. The summed E-state index contributed by atoms with van der Waals surface area (Å²) >= 11 is 0. The third-order valence-electron chi connectivity index (χ3n) is 5.20. The van der Waals surface area contributed by atoms with Gasteiger partial charge < -0.3 is 38.8 Å². The van der Waals surface area contributed by atoms with E-state index >= 15 is 0 Å². The maximum absolute atomic E-state index is 5.77. The lowest BCUT2D eigenvalue weighted by Gasteiger charge is -2.30. The van der Waals surface area contributed by atoms with Gasteiger partial charge in [0.2, 0.25) is 0 Å². The Bertz CT molecular complexity index is 536. The Balaban J connectivity index is 1.50. The van der Waals surface area contributed by atoms with Crippen LogP contribution in [0.2, 0.25) is 0 Å². The van der Waals surface area contributed by atoms with Crippen molar-refractivity contribution in [3.8, 4) is 0 Å². The molecule has 2 aliphatic rings. The summed E-state index contributed by atoms with van der Waals surface area (Å²) in [6.07, 6.45) is 0. The van der Waals surface area contributed by atoms with Crippen LogP contribution in [0.3, 0.4) is 0 Å². The van der Waals surface area contributed by atoms with Gasteiger partial charge in [0, 0.05) is 50.6 Å². The molecule has 8 heteroatoms. The number of anilines is 2. The van der Waals surface area contributed by atoms with Gasteiger partial charge in [-0.25, -0.2) is 0 Å². The number of ether oxygens (including phenoxy) is 5. The van der Waals surface area contributed by atoms with Crippen molar-refractivity contribution in [3.05, 3.63) is 24.3 Å². The Hall–Kier alpha value is -1.42. The Morgan fingerprint density at radius 1 is 0.467 bits per heavy atom. The molecular weight excluding hydrogens is 386 g/mol. The predicted molar refractivity (Wildman–Crippen MR) is 118 cm³/mol. The van der Waals surface area contributed by atoms with E-state index in [0.717, 1.165) is 39.3 Å². The van der Waals surface area contributed by atoms with Gasteiger partial charge >= 0.3 is 0 Å². The number of nitrogens with zero attached hydrogens (tertiary/aromatic N) is 2. The Labute approximate surface area is 180 Å². The first-order valence-electron chi connectivity index (χ1n) is 11.1. The van der Waals surface area contributed by atoms with E-state index < -0.39 is 0 Å². The molecule has 170 valence electrons. The van der Waals surface area contributed by atoms with Gasteiger partial charge in [-0.1, -0.05) is 0 Å². The highest BCUT2D eigenvalue weighted by molar-refractivity contribution is 5.56. The Kier molecular flexibility index (Phi) is 11.3. The van der Waals surface area contributed by atoms with Crippen LogP contribution in [0.4, 0.5) is 11.4 Å². The van der Waals surface area contributed by atoms with Crippen molar-refractivity contribution < 1.29 is 23.7 Å². The molecule has 30 heavy (non-hydrogen) atoms. The largest absolute Gasteiger partial charge is 0.377 e. The van der Waals surface area contributed by atoms with Crippen LogP contribution in [0.5, 0.6) is 0 Å². The second kappa shape index (κ2) is 14.6. The molecule has 1 aromatic rings. The number of nitrogens with one attached hydrogen (secondary N) is 1. The van der Waals surface area contributed by atoms with E-state index in [9.17, 15) is 0 Å². The molecule has 0 aromatic heterocycles. The smallest absolute Gasteiger partial charge is 0.0701 e. The first-order valence-corrected chi connectivity index (χ1v) is 11.1. The zero-order valence-electron chi connectivity index (χ0n) is 18.1. The molecule has 0 spiro atoms. The minimum atomic E-state index is 0.581. The number of rotatable bonds is 2. The van der Waals surface area contributed by atoms with Crippen molar-refractivity contribution in [2.75, 3.05) is 115 Å². The van der Waals surface area contributed by atoms with Gasteiger partial charge in [-0.2, -0.15) is 0 Å². The van der Waals surface area contributed by atoms with E-state index in [1.165, 1.54) is 11.4 Å². The third kappa shape index (κ3) is 8.75. The highest BCUT2D eigenvalue weighted by Gasteiger charge is 2.12. The summed E-state index contributed by atoms with van der Waals surface area (Å²) in [5.74, 6) is 0. The number of hydrogen-bond donors (Lipinski definition) is 1. The van der Waals surface area contributed by atoms with Crippen molar-refractivity contribution in [2.24, 2.45) is 0 Å². The molecule has 2 fully saturated rings. The highest BCUT2D eigenvalue weighted by atomic mass is 16.6. The van der Waals surface area contributed by atoms with Crippen molar-refractivity contribution in [1.29, 1.82) is 0 Å². The van der Waals surface area contributed by atoms with Crippen LogP contribution < -0.4 is 15.1 Å². The summed E-state index contributed by atoms with van der Waals surface area (Å²) in [4.78, 5) is 4.75. The topological polar surface area (TPSA) is 64.7 Å². The maximum atomic E-state index is 5.77. The molecule has 2 saturated heterocycles. The second-order valence-electron chi connectivity index (χ2n) is 7.30. The van der Waals surface area contributed by atoms with Gasteiger partial charge in [-0.3, -0.25) is 0 Å². The molecule has 3 rings (SSSR count). The molecule has 0 saturated carbocycles. The predicted octanol–water partition coefficient (Wildman–Crippen LogP) is 0.999.